The summed E-state index contributed by atoms with van der Waals surface area (Å²) in [7, 11) is 1.85. The molecule has 0 fully saturated rings. The molecule has 0 aliphatic carbocycles. The minimum Gasteiger partial charge on any atom is -0.393 e. The fraction of sp³-hybridized carbons (Fsp3) is 0.400. The molecule has 0 bridgehead atoms. The maximum atomic E-state index is 12.4. The predicted octanol–water partition coefficient (Wildman–Crippen LogP) is 2.92. The number of aromatic nitrogens is 2. The van der Waals surface area contributed by atoms with E-state index >= 15 is 0 Å². The van der Waals surface area contributed by atoms with Crippen LogP contribution in [0.3, 0.4) is 0 Å². The van der Waals surface area contributed by atoms with Gasteiger partial charge in [-0.2, -0.15) is 0 Å². The summed E-state index contributed by atoms with van der Waals surface area (Å²) >= 11 is 6.14. The maximum absolute atomic E-state index is 12.4. The summed E-state index contributed by atoms with van der Waals surface area (Å²) in [6.45, 7) is 6.13. The third-order valence-corrected chi connectivity index (χ3v) is 3.83. The van der Waals surface area contributed by atoms with Crippen LogP contribution in [0.4, 0.5) is 5.69 Å². The first kappa shape index (κ1) is 14.7. The van der Waals surface area contributed by atoms with Crippen molar-refractivity contribution in [1.29, 1.82) is 0 Å². The maximum Gasteiger partial charge on any atom is 0.294 e. The molecular weight excluding hydrogens is 274 g/mol. The highest BCUT2D eigenvalue weighted by molar-refractivity contribution is 6.31. The van der Waals surface area contributed by atoms with Crippen LogP contribution < -0.4 is 11.3 Å². The van der Waals surface area contributed by atoms with E-state index in [0.29, 0.717) is 16.6 Å². The summed E-state index contributed by atoms with van der Waals surface area (Å²) < 4.78 is 3.39. The van der Waals surface area contributed by atoms with Crippen molar-refractivity contribution >= 4 is 17.3 Å². The monoisotopic (exact) mass is 293 g/mol. The molecule has 1 aromatic carbocycles. The number of nitrogens with two attached hydrogens (primary N) is 1. The minimum absolute atomic E-state index is 0.192. The van der Waals surface area contributed by atoms with E-state index in [4.69, 9.17) is 17.3 Å². The molecule has 0 amide bonds. The van der Waals surface area contributed by atoms with Crippen molar-refractivity contribution < 1.29 is 0 Å². The van der Waals surface area contributed by atoms with Crippen molar-refractivity contribution in [2.75, 3.05) is 5.73 Å². The first-order chi connectivity index (χ1) is 9.32. The number of nitrogens with zero attached hydrogens (tertiary/aromatic N) is 2. The van der Waals surface area contributed by atoms with Gasteiger partial charge in [0, 0.05) is 12.1 Å². The van der Waals surface area contributed by atoms with Crippen LogP contribution in [0, 0.1) is 12.8 Å². The highest BCUT2D eigenvalue weighted by Gasteiger charge is 2.17. The number of halogens is 1. The highest BCUT2D eigenvalue weighted by atomic mass is 35.5. The lowest BCUT2D eigenvalue weighted by Gasteiger charge is -2.12. The minimum atomic E-state index is -0.192. The van der Waals surface area contributed by atoms with E-state index in [9.17, 15) is 4.79 Å². The van der Waals surface area contributed by atoms with Crippen molar-refractivity contribution in [1.82, 2.24) is 9.36 Å². The van der Waals surface area contributed by atoms with Crippen LogP contribution in [-0.2, 0) is 13.5 Å². The quantitative estimate of drug-likeness (QED) is 0.946. The Bertz CT molecular complexity index is 698. The largest absolute Gasteiger partial charge is 0.393 e. The zero-order chi connectivity index (χ0) is 15.0. The Balaban J connectivity index is 2.63. The Kier molecular flexibility index (Phi) is 3.95. The van der Waals surface area contributed by atoms with Crippen molar-refractivity contribution in [2.45, 2.75) is 27.2 Å². The van der Waals surface area contributed by atoms with Crippen LogP contribution in [0.15, 0.2) is 23.0 Å². The zero-order valence-corrected chi connectivity index (χ0v) is 13.0. The Morgan fingerprint density at radius 2 is 2.00 bits per heavy atom. The number of hydrogen-bond acceptors (Lipinski definition) is 2. The molecule has 0 aliphatic rings. The molecule has 4 nitrogen and oxygen atoms in total. The van der Waals surface area contributed by atoms with E-state index in [0.717, 1.165) is 23.4 Å². The van der Waals surface area contributed by atoms with Gasteiger partial charge in [-0.25, -0.2) is 4.68 Å². The van der Waals surface area contributed by atoms with Crippen molar-refractivity contribution in [3.8, 4) is 5.69 Å². The van der Waals surface area contributed by atoms with E-state index in [-0.39, 0.29) is 5.56 Å². The number of aryl methyl sites for hydroxylation is 1. The van der Waals surface area contributed by atoms with Gasteiger partial charge in [0.25, 0.3) is 5.56 Å². The molecule has 0 saturated carbocycles. The molecule has 0 atom stereocenters. The van der Waals surface area contributed by atoms with Gasteiger partial charge < -0.3 is 5.73 Å². The van der Waals surface area contributed by atoms with Gasteiger partial charge >= 0.3 is 0 Å². The molecule has 0 spiro atoms. The molecular formula is C15H20ClN3O. The second-order valence-electron chi connectivity index (χ2n) is 5.53. The standard InChI is InChI=1S/C15H20ClN3O/c1-9(2)7-13-14(17)15(20)19(18(13)4)11-6-5-10(3)12(16)8-11/h5-6,8-9H,7,17H2,1-4H3. The van der Waals surface area contributed by atoms with Crippen molar-refractivity contribution in [2.24, 2.45) is 13.0 Å². The molecule has 0 unspecified atom stereocenters. The third-order valence-electron chi connectivity index (χ3n) is 3.43. The number of benzene rings is 1. The summed E-state index contributed by atoms with van der Waals surface area (Å²) in [5, 5.41) is 0.639. The van der Waals surface area contributed by atoms with Crippen LogP contribution in [0.5, 0.6) is 0 Å². The number of nitrogen functional groups attached to an aromatic ring is 1. The van der Waals surface area contributed by atoms with Gasteiger partial charge in [0.05, 0.1) is 11.4 Å². The molecule has 2 aromatic rings. The highest BCUT2D eigenvalue weighted by Crippen LogP contribution is 2.21. The zero-order valence-electron chi connectivity index (χ0n) is 12.3. The second kappa shape index (κ2) is 5.37. The number of rotatable bonds is 3. The Morgan fingerprint density at radius 1 is 1.35 bits per heavy atom. The fourth-order valence-corrected chi connectivity index (χ4v) is 2.48. The second-order valence-corrected chi connectivity index (χ2v) is 5.94. The molecule has 0 radical (unpaired) electrons. The van der Waals surface area contributed by atoms with E-state index in [1.165, 1.54) is 0 Å². The normalized spacial score (nSPS) is 11.3. The van der Waals surface area contributed by atoms with Gasteiger partial charge in [-0.1, -0.05) is 31.5 Å². The molecule has 1 heterocycles. The van der Waals surface area contributed by atoms with Crippen molar-refractivity contribution in [3.63, 3.8) is 0 Å². The SMILES string of the molecule is Cc1ccc(-n2c(=O)c(N)c(CC(C)C)n2C)cc1Cl. The van der Waals surface area contributed by atoms with E-state index in [1.807, 2.05) is 30.8 Å². The molecule has 0 saturated heterocycles. The number of anilines is 1. The smallest absolute Gasteiger partial charge is 0.294 e. The van der Waals surface area contributed by atoms with Crippen LogP contribution >= 0.6 is 11.6 Å². The Labute approximate surface area is 123 Å². The van der Waals surface area contributed by atoms with Crippen LogP contribution in [-0.4, -0.2) is 9.36 Å². The Hall–Kier alpha value is -1.68. The Morgan fingerprint density at radius 3 is 2.55 bits per heavy atom. The number of hydrogen-bond donors (Lipinski definition) is 1. The predicted molar refractivity (Wildman–Crippen MR) is 83.7 cm³/mol. The lowest BCUT2D eigenvalue weighted by molar-refractivity contribution is 0.563. The first-order valence-electron chi connectivity index (χ1n) is 6.65. The molecule has 0 aliphatic heterocycles. The van der Waals surface area contributed by atoms with Crippen LogP contribution in [0.2, 0.25) is 5.02 Å². The van der Waals surface area contributed by atoms with Crippen molar-refractivity contribution in [3.05, 3.63) is 44.8 Å². The average molecular weight is 294 g/mol. The molecule has 2 N–H and O–H groups in total. The summed E-state index contributed by atoms with van der Waals surface area (Å²) in [6, 6.07) is 5.56. The fourth-order valence-electron chi connectivity index (χ4n) is 2.30. The summed E-state index contributed by atoms with van der Waals surface area (Å²) in [5.41, 5.74) is 8.67. The molecule has 108 valence electrons. The molecule has 20 heavy (non-hydrogen) atoms. The summed E-state index contributed by atoms with van der Waals surface area (Å²) in [6.07, 6.45) is 0.768. The van der Waals surface area contributed by atoms with E-state index < -0.39 is 0 Å². The van der Waals surface area contributed by atoms with E-state index in [2.05, 4.69) is 13.8 Å². The van der Waals surface area contributed by atoms with Gasteiger partial charge in [-0.3, -0.25) is 9.48 Å². The van der Waals surface area contributed by atoms with Gasteiger partial charge in [0.15, 0.2) is 0 Å². The lowest BCUT2D eigenvalue weighted by atomic mass is 10.1. The van der Waals surface area contributed by atoms with E-state index in [1.54, 1.807) is 10.7 Å². The van der Waals surface area contributed by atoms with Gasteiger partial charge in [-0.05, 0) is 37.0 Å². The summed E-state index contributed by atoms with van der Waals surface area (Å²) in [5.74, 6) is 0.431. The van der Waals surface area contributed by atoms with Gasteiger partial charge in [0.1, 0.15) is 5.69 Å². The van der Waals surface area contributed by atoms with Gasteiger partial charge in [-0.15, -0.1) is 0 Å². The third kappa shape index (κ3) is 2.48. The van der Waals surface area contributed by atoms with Gasteiger partial charge in [0.2, 0.25) is 0 Å². The first-order valence-corrected chi connectivity index (χ1v) is 7.03. The van der Waals surface area contributed by atoms with Crippen LogP contribution in [0.25, 0.3) is 5.69 Å². The average Bonchev–Trinajstić information content (AvgIpc) is 2.57. The summed E-state index contributed by atoms with van der Waals surface area (Å²) in [4.78, 5) is 12.4. The molecule has 5 heteroatoms. The van der Waals surface area contributed by atoms with Crippen LogP contribution in [0.1, 0.15) is 25.1 Å². The molecule has 1 aromatic heterocycles. The molecule has 2 rings (SSSR count). The lowest BCUT2D eigenvalue weighted by Crippen LogP contribution is -2.20. The topological polar surface area (TPSA) is 52.9 Å².